The highest BCUT2D eigenvalue weighted by Crippen LogP contribution is 2.17. The molecule has 0 unspecified atom stereocenters. The third-order valence-corrected chi connectivity index (χ3v) is 2.77. The summed E-state index contributed by atoms with van der Waals surface area (Å²) in [6, 6.07) is 0.692. The van der Waals surface area contributed by atoms with Crippen molar-refractivity contribution in [2.75, 3.05) is 0 Å². The summed E-state index contributed by atoms with van der Waals surface area (Å²) in [5, 5.41) is 3.45. The normalized spacial score (nSPS) is 19.1. The van der Waals surface area contributed by atoms with E-state index in [1.54, 1.807) is 0 Å². The topological polar surface area (TPSA) is 12.0 Å². The lowest BCUT2D eigenvalue weighted by Crippen LogP contribution is -2.34. The fraction of sp³-hybridized carbons (Fsp3) is 0.900. The van der Waals surface area contributed by atoms with Gasteiger partial charge in [-0.3, -0.25) is 0 Å². The van der Waals surface area contributed by atoms with Crippen LogP contribution in [0.25, 0.3) is 0 Å². The zero-order valence-electron chi connectivity index (χ0n) is 7.94. The molecule has 1 N–H and O–H groups in total. The summed E-state index contributed by atoms with van der Waals surface area (Å²) in [4.78, 5) is 1.07. The van der Waals surface area contributed by atoms with Crippen molar-refractivity contribution in [2.24, 2.45) is 0 Å². The quantitative estimate of drug-likeness (QED) is 0.678. The molecule has 0 saturated heterocycles. The predicted octanol–water partition coefficient (Wildman–Crippen LogP) is 3.04. The molecule has 1 rings (SSSR count). The van der Waals surface area contributed by atoms with Crippen LogP contribution < -0.4 is 5.32 Å². The van der Waals surface area contributed by atoms with E-state index in [4.69, 9.17) is 12.2 Å². The summed E-state index contributed by atoms with van der Waals surface area (Å²) in [5.74, 6) is 0. The minimum absolute atomic E-state index is 0.692. The molecule has 0 atom stereocenters. The van der Waals surface area contributed by atoms with Gasteiger partial charge in [-0.25, -0.2) is 0 Å². The molecule has 0 amide bonds. The number of rotatable bonds is 3. The van der Waals surface area contributed by atoms with Gasteiger partial charge in [-0.1, -0.05) is 38.4 Å². The van der Waals surface area contributed by atoms with Crippen molar-refractivity contribution in [1.29, 1.82) is 0 Å². The molecule has 1 fully saturated rings. The molecule has 1 aliphatic carbocycles. The smallest absolute Gasteiger partial charge is 0.0755 e. The van der Waals surface area contributed by atoms with Gasteiger partial charge in [-0.15, -0.1) is 0 Å². The van der Waals surface area contributed by atoms with E-state index in [1.165, 1.54) is 38.5 Å². The maximum atomic E-state index is 5.22. The molecular weight excluding hydrogens is 166 g/mol. The van der Waals surface area contributed by atoms with Crippen LogP contribution >= 0.6 is 12.2 Å². The zero-order chi connectivity index (χ0) is 8.81. The summed E-state index contributed by atoms with van der Waals surface area (Å²) in [6.45, 7) is 2.18. The van der Waals surface area contributed by atoms with E-state index in [0.29, 0.717) is 6.04 Å². The lowest BCUT2D eigenvalue weighted by atomic mass is 9.95. The van der Waals surface area contributed by atoms with Crippen LogP contribution in [0.4, 0.5) is 0 Å². The highest BCUT2D eigenvalue weighted by molar-refractivity contribution is 7.80. The molecule has 12 heavy (non-hydrogen) atoms. The first kappa shape index (κ1) is 9.97. The number of hydrogen-bond donors (Lipinski definition) is 1. The Bertz CT molecular complexity index is 139. The van der Waals surface area contributed by atoms with Gasteiger partial charge >= 0.3 is 0 Å². The SMILES string of the molecule is CCCC(=S)NC1CCCCC1. The van der Waals surface area contributed by atoms with Crippen molar-refractivity contribution < 1.29 is 0 Å². The van der Waals surface area contributed by atoms with E-state index in [-0.39, 0.29) is 0 Å². The van der Waals surface area contributed by atoms with Crippen LogP contribution in [0.2, 0.25) is 0 Å². The van der Waals surface area contributed by atoms with Crippen molar-refractivity contribution in [1.82, 2.24) is 5.32 Å². The van der Waals surface area contributed by atoms with E-state index in [9.17, 15) is 0 Å². The van der Waals surface area contributed by atoms with Gasteiger partial charge in [0.1, 0.15) is 0 Å². The predicted molar refractivity (Wildman–Crippen MR) is 57.5 cm³/mol. The van der Waals surface area contributed by atoms with E-state index in [2.05, 4.69) is 12.2 Å². The van der Waals surface area contributed by atoms with Gasteiger partial charge in [0.25, 0.3) is 0 Å². The van der Waals surface area contributed by atoms with E-state index >= 15 is 0 Å². The molecule has 70 valence electrons. The van der Waals surface area contributed by atoms with Crippen LogP contribution in [0.3, 0.4) is 0 Å². The first-order valence-corrected chi connectivity index (χ1v) is 5.53. The van der Waals surface area contributed by atoms with Crippen molar-refractivity contribution in [3.05, 3.63) is 0 Å². The highest BCUT2D eigenvalue weighted by Gasteiger charge is 2.12. The minimum Gasteiger partial charge on any atom is -0.377 e. The second-order valence-electron chi connectivity index (χ2n) is 3.65. The zero-order valence-corrected chi connectivity index (χ0v) is 8.75. The van der Waals surface area contributed by atoms with Crippen LogP contribution in [0.1, 0.15) is 51.9 Å². The van der Waals surface area contributed by atoms with Gasteiger partial charge in [0.15, 0.2) is 0 Å². The van der Waals surface area contributed by atoms with Gasteiger partial charge in [0, 0.05) is 6.04 Å². The molecular formula is C10H19NS. The van der Waals surface area contributed by atoms with Crippen LogP contribution in [0.5, 0.6) is 0 Å². The molecule has 0 spiro atoms. The largest absolute Gasteiger partial charge is 0.377 e. The van der Waals surface area contributed by atoms with Crippen LogP contribution in [0, 0.1) is 0 Å². The van der Waals surface area contributed by atoms with Crippen LogP contribution in [-0.2, 0) is 0 Å². The first-order chi connectivity index (χ1) is 5.83. The third kappa shape index (κ3) is 3.53. The Hall–Kier alpha value is -0.110. The van der Waals surface area contributed by atoms with E-state index in [0.717, 1.165) is 11.4 Å². The van der Waals surface area contributed by atoms with Crippen molar-refractivity contribution >= 4 is 17.2 Å². The molecule has 0 aliphatic heterocycles. The molecule has 1 nitrogen and oxygen atoms in total. The molecule has 0 aromatic rings. The van der Waals surface area contributed by atoms with E-state index < -0.39 is 0 Å². The van der Waals surface area contributed by atoms with Gasteiger partial charge in [-0.2, -0.15) is 0 Å². The van der Waals surface area contributed by atoms with Crippen molar-refractivity contribution in [2.45, 2.75) is 57.9 Å². The lowest BCUT2D eigenvalue weighted by Gasteiger charge is -2.23. The average molecular weight is 185 g/mol. The fourth-order valence-corrected chi connectivity index (χ4v) is 2.14. The second-order valence-corrected chi connectivity index (χ2v) is 4.15. The van der Waals surface area contributed by atoms with Gasteiger partial charge < -0.3 is 5.32 Å². The maximum absolute atomic E-state index is 5.22. The molecule has 2 heteroatoms. The Labute approximate surface area is 80.9 Å². The molecule has 0 heterocycles. The summed E-state index contributed by atoms with van der Waals surface area (Å²) < 4.78 is 0. The number of nitrogens with one attached hydrogen (secondary N) is 1. The van der Waals surface area contributed by atoms with Gasteiger partial charge in [0.05, 0.1) is 4.99 Å². The summed E-state index contributed by atoms with van der Waals surface area (Å²) in [6.07, 6.45) is 9.05. The molecule has 0 radical (unpaired) electrons. The van der Waals surface area contributed by atoms with Crippen molar-refractivity contribution in [3.8, 4) is 0 Å². The average Bonchev–Trinajstić information content (AvgIpc) is 2.06. The third-order valence-electron chi connectivity index (χ3n) is 2.45. The Morgan fingerprint density at radius 3 is 2.58 bits per heavy atom. The van der Waals surface area contributed by atoms with Crippen LogP contribution in [0.15, 0.2) is 0 Å². The number of hydrogen-bond acceptors (Lipinski definition) is 1. The first-order valence-electron chi connectivity index (χ1n) is 5.12. The second kappa shape index (κ2) is 5.52. The summed E-state index contributed by atoms with van der Waals surface area (Å²) in [5.41, 5.74) is 0. The molecule has 1 aliphatic rings. The van der Waals surface area contributed by atoms with Gasteiger partial charge in [-0.05, 0) is 25.7 Å². The summed E-state index contributed by atoms with van der Waals surface area (Å²) >= 11 is 5.22. The Balaban J connectivity index is 2.15. The lowest BCUT2D eigenvalue weighted by molar-refractivity contribution is 0.413. The van der Waals surface area contributed by atoms with Gasteiger partial charge in [0.2, 0.25) is 0 Å². The van der Waals surface area contributed by atoms with Crippen molar-refractivity contribution in [3.63, 3.8) is 0 Å². The summed E-state index contributed by atoms with van der Waals surface area (Å²) in [7, 11) is 0. The standard InChI is InChI=1S/C10H19NS/c1-2-6-10(12)11-9-7-4-3-5-8-9/h9H,2-8H2,1H3,(H,11,12). The monoisotopic (exact) mass is 185 g/mol. The fourth-order valence-electron chi connectivity index (χ4n) is 1.77. The maximum Gasteiger partial charge on any atom is 0.0755 e. The Kier molecular flexibility index (Phi) is 4.59. The van der Waals surface area contributed by atoms with E-state index in [1.807, 2.05) is 0 Å². The highest BCUT2D eigenvalue weighted by atomic mass is 32.1. The Morgan fingerprint density at radius 1 is 1.33 bits per heavy atom. The van der Waals surface area contributed by atoms with Crippen LogP contribution in [-0.4, -0.2) is 11.0 Å². The molecule has 0 aromatic heterocycles. The molecule has 0 aromatic carbocycles. The molecule has 1 saturated carbocycles. The molecule has 0 bridgehead atoms. The minimum atomic E-state index is 0.692. The Morgan fingerprint density at radius 2 is 2.00 bits per heavy atom. The number of thiocarbonyl (C=S) groups is 1.